The molecule has 2 heteroatoms. The quantitative estimate of drug-likeness (QED) is 0.190. The molecular formula is C26H46I2. The lowest BCUT2D eigenvalue weighted by Gasteiger charge is -2.59. The van der Waals surface area contributed by atoms with Crippen LogP contribution in [0.2, 0.25) is 0 Å². The van der Waals surface area contributed by atoms with Gasteiger partial charge < -0.3 is 0 Å². The van der Waals surface area contributed by atoms with E-state index < -0.39 is 0 Å². The highest BCUT2D eigenvalue weighted by atomic mass is 127. The van der Waals surface area contributed by atoms with E-state index in [1.807, 2.05) is 0 Å². The maximum absolute atomic E-state index is 2.74. The molecule has 164 valence electrons. The Morgan fingerprint density at radius 2 is 1.64 bits per heavy atom. The van der Waals surface area contributed by atoms with Gasteiger partial charge in [0.05, 0.1) is 0 Å². The first kappa shape index (κ1) is 24.1. The number of halogens is 2. The monoisotopic (exact) mass is 612 g/mol. The Bertz CT molecular complexity index is 503. The van der Waals surface area contributed by atoms with Crippen molar-refractivity contribution < 1.29 is 0 Å². The molecule has 0 heterocycles. The molecule has 0 aromatic carbocycles. The summed E-state index contributed by atoms with van der Waals surface area (Å²) < 4.78 is 2.73. The molecule has 3 aliphatic rings. The SMILES string of the molecule is CC(C)CCC[C@@H](C)[C@H]1CC[C@H]2[C@@H]3CC[C@@H](CI)[C@](C)(CCI)[C@H]3CC[C@]12C. The normalized spacial score (nSPS) is 44.4. The number of rotatable bonds is 8. The van der Waals surface area contributed by atoms with Crippen LogP contribution in [0.5, 0.6) is 0 Å². The van der Waals surface area contributed by atoms with Crippen molar-refractivity contribution in [2.24, 2.45) is 52.3 Å². The van der Waals surface area contributed by atoms with Crippen molar-refractivity contribution >= 4 is 45.2 Å². The van der Waals surface area contributed by atoms with Crippen LogP contribution in [0, 0.1) is 52.3 Å². The van der Waals surface area contributed by atoms with Crippen molar-refractivity contribution in [3.63, 3.8) is 0 Å². The highest BCUT2D eigenvalue weighted by Crippen LogP contribution is 2.67. The van der Waals surface area contributed by atoms with E-state index in [1.165, 1.54) is 60.2 Å². The Morgan fingerprint density at radius 3 is 2.29 bits per heavy atom. The van der Waals surface area contributed by atoms with Crippen LogP contribution in [-0.4, -0.2) is 8.86 Å². The topological polar surface area (TPSA) is 0 Å². The van der Waals surface area contributed by atoms with Gasteiger partial charge in [0.25, 0.3) is 0 Å². The van der Waals surface area contributed by atoms with Crippen molar-refractivity contribution in [2.75, 3.05) is 8.86 Å². The summed E-state index contributed by atoms with van der Waals surface area (Å²) in [6.45, 7) is 12.8. The fourth-order valence-electron chi connectivity index (χ4n) is 8.41. The van der Waals surface area contributed by atoms with Crippen LogP contribution >= 0.6 is 45.2 Å². The summed E-state index contributed by atoms with van der Waals surface area (Å²) in [6.07, 6.45) is 15.0. The minimum absolute atomic E-state index is 0.619. The first-order valence-corrected chi connectivity index (χ1v) is 15.4. The molecule has 0 aromatic heterocycles. The van der Waals surface area contributed by atoms with E-state index in [-0.39, 0.29) is 0 Å². The van der Waals surface area contributed by atoms with E-state index in [2.05, 4.69) is 79.8 Å². The molecule has 28 heavy (non-hydrogen) atoms. The zero-order chi connectivity index (χ0) is 20.5. The maximum atomic E-state index is 2.74. The van der Waals surface area contributed by atoms with Gasteiger partial charge in [-0.25, -0.2) is 0 Å². The highest BCUT2D eigenvalue weighted by Gasteiger charge is 2.59. The average Bonchev–Trinajstić information content (AvgIpc) is 2.99. The third kappa shape index (κ3) is 4.49. The van der Waals surface area contributed by atoms with Gasteiger partial charge in [-0.15, -0.1) is 0 Å². The van der Waals surface area contributed by atoms with E-state index in [9.17, 15) is 0 Å². The van der Waals surface area contributed by atoms with Gasteiger partial charge in [-0.3, -0.25) is 0 Å². The van der Waals surface area contributed by atoms with Gasteiger partial charge in [-0.05, 0) is 97.2 Å². The number of hydrogen-bond acceptors (Lipinski definition) is 0. The van der Waals surface area contributed by atoms with Crippen molar-refractivity contribution in [2.45, 2.75) is 98.8 Å². The maximum Gasteiger partial charge on any atom is 0.00290 e. The van der Waals surface area contributed by atoms with Gasteiger partial charge in [0.15, 0.2) is 0 Å². The van der Waals surface area contributed by atoms with Crippen LogP contribution < -0.4 is 0 Å². The second kappa shape index (κ2) is 9.94. The van der Waals surface area contributed by atoms with Gasteiger partial charge in [-0.1, -0.05) is 99.1 Å². The minimum Gasteiger partial charge on any atom is -0.0864 e. The summed E-state index contributed by atoms with van der Waals surface area (Å²) in [4.78, 5) is 0. The number of alkyl halides is 2. The summed E-state index contributed by atoms with van der Waals surface area (Å²) in [5.41, 5.74) is 1.27. The van der Waals surface area contributed by atoms with Gasteiger partial charge in [0.1, 0.15) is 0 Å². The Labute approximate surface area is 203 Å². The molecule has 0 nitrogen and oxygen atoms in total. The van der Waals surface area contributed by atoms with Crippen LogP contribution in [0.4, 0.5) is 0 Å². The van der Waals surface area contributed by atoms with Gasteiger partial charge in [0.2, 0.25) is 0 Å². The minimum atomic E-state index is 0.619. The fraction of sp³-hybridized carbons (Fsp3) is 1.00. The highest BCUT2D eigenvalue weighted by molar-refractivity contribution is 14.1. The third-order valence-electron chi connectivity index (χ3n) is 10.1. The predicted octanol–water partition coefficient (Wildman–Crippen LogP) is 9.18. The molecule has 0 saturated heterocycles. The second-order valence-corrected chi connectivity index (χ2v) is 13.7. The second-order valence-electron chi connectivity index (χ2n) is 11.8. The van der Waals surface area contributed by atoms with Crippen LogP contribution in [0.1, 0.15) is 98.8 Å². The number of fused-ring (bicyclic) bond motifs is 3. The van der Waals surface area contributed by atoms with E-state index in [0.29, 0.717) is 10.8 Å². The molecule has 0 spiro atoms. The lowest BCUT2D eigenvalue weighted by atomic mass is 9.46. The molecular weight excluding hydrogens is 566 g/mol. The van der Waals surface area contributed by atoms with Crippen molar-refractivity contribution in [1.29, 1.82) is 0 Å². The van der Waals surface area contributed by atoms with Crippen LogP contribution in [0.15, 0.2) is 0 Å². The Hall–Kier alpha value is 1.46. The summed E-state index contributed by atoms with van der Waals surface area (Å²) in [7, 11) is 0. The molecule has 0 amide bonds. The molecule has 0 N–H and O–H groups in total. The molecule has 0 aromatic rings. The van der Waals surface area contributed by atoms with Crippen molar-refractivity contribution in [1.82, 2.24) is 0 Å². The largest absolute Gasteiger partial charge is 0.0864 e. The standard InChI is InChI=1S/C26H46I2/c1-18(2)7-6-8-19(3)22-11-12-23-21-10-9-20(17-28)25(4,15-16-27)24(21)13-14-26(22,23)5/h18-24H,6-17H2,1-5H3/t19-,20+,21+,22-,23+,24+,25+,26-/m1/s1. The molecule has 3 fully saturated rings. The lowest BCUT2D eigenvalue weighted by Crippen LogP contribution is -2.52. The summed E-state index contributed by atoms with van der Waals surface area (Å²) >= 11 is 5.35. The smallest absolute Gasteiger partial charge is 0.00290 e. The Morgan fingerprint density at radius 1 is 0.893 bits per heavy atom. The number of hydrogen-bond donors (Lipinski definition) is 0. The lowest BCUT2D eigenvalue weighted by molar-refractivity contribution is -0.0957. The molecule has 8 atom stereocenters. The van der Waals surface area contributed by atoms with Crippen LogP contribution in [-0.2, 0) is 0 Å². The fourth-order valence-corrected chi connectivity index (χ4v) is 11.0. The summed E-state index contributed by atoms with van der Waals surface area (Å²) in [6, 6.07) is 0. The van der Waals surface area contributed by atoms with Gasteiger partial charge in [-0.2, -0.15) is 0 Å². The molecule has 3 saturated carbocycles. The Kier molecular flexibility index (Phi) is 8.56. The molecule has 3 rings (SSSR count). The summed E-state index contributed by atoms with van der Waals surface area (Å²) in [5.74, 6) is 6.88. The summed E-state index contributed by atoms with van der Waals surface area (Å²) in [5, 5.41) is 0. The zero-order valence-corrected chi connectivity index (χ0v) is 23.6. The first-order valence-electron chi connectivity index (χ1n) is 12.4. The van der Waals surface area contributed by atoms with Crippen molar-refractivity contribution in [3.8, 4) is 0 Å². The van der Waals surface area contributed by atoms with Crippen molar-refractivity contribution in [3.05, 3.63) is 0 Å². The van der Waals surface area contributed by atoms with E-state index in [4.69, 9.17) is 0 Å². The van der Waals surface area contributed by atoms with Gasteiger partial charge in [0, 0.05) is 8.86 Å². The molecule has 0 bridgehead atoms. The van der Waals surface area contributed by atoms with E-state index in [0.717, 1.165) is 41.4 Å². The van der Waals surface area contributed by atoms with Gasteiger partial charge >= 0.3 is 0 Å². The van der Waals surface area contributed by atoms with Crippen LogP contribution in [0.25, 0.3) is 0 Å². The zero-order valence-electron chi connectivity index (χ0n) is 19.3. The van der Waals surface area contributed by atoms with Crippen LogP contribution in [0.3, 0.4) is 0 Å². The average molecular weight is 612 g/mol. The van der Waals surface area contributed by atoms with E-state index in [1.54, 1.807) is 12.8 Å². The first-order chi connectivity index (χ1) is 13.3. The predicted molar refractivity (Wildman–Crippen MR) is 142 cm³/mol. The molecule has 3 aliphatic carbocycles. The van der Waals surface area contributed by atoms with E-state index >= 15 is 0 Å². The Balaban J connectivity index is 1.73. The molecule has 0 unspecified atom stereocenters. The third-order valence-corrected chi connectivity index (χ3v) is 11.7. The molecule has 0 aliphatic heterocycles. The molecule has 0 radical (unpaired) electrons.